The number of carbonyl (C=O) groups is 3. The maximum Gasteiger partial charge on any atom is 0.490 e. The predicted octanol–water partition coefficient (Wildman–Crippen LogP) is 4.25. The Morgan fingerprint density at radius 1 is 0.778 bits per heavy atom. The number of aliphatic carboxylic acids is 3. The van der Waals surface area contributed by atoms with Gasteiger partial charge in [0.15, 0.2) is 0 Å². The number of halogens is 9. The van der Waals surface area contributed by atoms with Gasteiger partial charge in [-0.3, -0.25) is 9.88 Å². The van der Waals surface area contributed by atoms with Crippen LogP contribution in [0.25, 0.3) is 0 Å². The van der Waals surface area contributed by atoms with Crippen LogP contribution in [-0.4, -0.2) is 105 Å². The highest BCUT2D eigenvalue weighted by atomic mass is 19.4. The van der Waals surface area contributed by atoms with Crippen molar-refractivity contribution in [3.8, 4) is 0 Å². The lowest BCUT2D eigenvalue weighted by Gasteiger charge is -2.48. The van der Waals surface area contributed by atoms with Gasteiger partial charge < -0.3 is 25.0 Å². The summed E-state index contributed by atoms with van der Waals surface area (Å²) in [6.07, 6.45) is -7.36. The lowest BCUT2D eigenvalue weighted by Crippen LogP contribution is -2.59. The third-order valence-electron chi connectivity index (χ3n) is 5.72. The lowest BCUT2D eigenvalue weighted by molar-refractivity contribution is -0.193. The average Bonchev–Trinajstić information content (AvgIpc) is 2.94. The molecule has 0 radical (unpaired) electrons. The molecule has 20 heteroatoms. The Morgan fingerprint density at radius 3 is 1.73 bits per heavy atom. The molecule has 45 heavy (non-hydrogen) atoms. The number of carboxylic acids is 3. The molecule has 11 nitrogen and oxygen atoms in total. The van der Waals surface area contributed by atoms with Gasteiger partial charge >= 0.3 is 36.4 Å². The van der Waals surface area contributed by atoms with Crippen molar-refractivity contribution >= 4 is 23.7 Å². The Bertz CT molecular complexity index is 1160. The number of hydrogen-bond donors (Lipinski definition) is 3. The molecular formula is C25H27F9N4O7. The van der Waals surface area contributed by atoms with E-state index in [0.29, 0.717) is 0 Å². The number of nitrogens with zero attached hydrogens (tertiary/aromatic N) is 4. The summed E-state index contributed by atoms with van der Waals surface area (Å²) in [5.41, 5.74) is 1.25. The van der Waals surface area contributed by atoms with Crippen LogP contribution in [0.4, 0.5) is 45.3 Å². The summed E-state index contributed by atoms with van der Waals surface area (Å²) in [6, 6.07) is 10.3. The van der Waals surface area contributed by atoms with E-state index in [1.807, 2.05) is 24.7 Å². The van der Waals surface area contributed by atoms with E-state index >= 15 is 0 Å². The minimum atomic E-state index is -5.08. The van der Waals surface area contributed by atoms with Crippen LogP contribution in [0.3, 0.4) is 0 Å². The first kappa shape index (κ1) is 38.8. The van der Waals surface area contributed by atoms with E-state index in [1.165, 1.54) is 5.56 Å². The van der Waals surface area contributed by atoms with E-state index in [4.69, 9.17) is 34.4 Å². The molecule has 0 saturated carbocycles. The molecule has 2 saturated heterocycles. The quantitative estimate of drug-likeness (QED) is 0.403. The Labute approximate surface area is 248 Å². The molecule has 0 bridgehead atoms. The van der Waals surface area contributed by atoms with Crippen LogP contribution in [-0.2, 0) is 25.7 Å². The topological polar surface area (TPSA) is 153 Å². The summed E-state index contributed by atoms with van der Waals surface area (Å²) < 4.78 is 102. The number of morpholine rings is 1. The smallest absolute Gasteiger partial charge is 0.475 e. The van der Waals surface area contributed by atoms with Crippen molar-refractivity contribution in [2.24, 2.45) is 0 Å². The zero-order chi connectivity index (χ0) is 34.5. The molecule has 1 atom stereocenters. The normalized spacial score (nSPS) is 18.6. The van der Waals surface area contributed by atoms with Gasteiger partial charge in [-0.1, -0.05) is 6.07 Å². The zero-order valence-corrected chi connectivity index (χ0v) is 22.9. The lowest BCUT2D eigenvalue weighted by atomic mass is 9.90. The highest BCUT2D eigenvalue weighted by Crippen LogP contribution is 2.31. The van der Waals surface area contributed by atoms with Crippen LogP contribution in [0.2, 0.25) is 0 Å². The van der Waals surface area contributed by atoms with Gasteiger partial charge in [0.25, 0.3) is 0 Å². The summed E-state index contributed by atoms with van der Waals surface area (Å²) in [6.45, 7) is 5.74. The predicted molar refractivity (Wildman–Crippen MR) is 135 cm³/mol. The number of alkyl halides is 9. The molecular weight excluding hydrogens is 639 g/mol. The van der Waals surface area contributed by atoms with E-state index in [0.717, 1.165) is 58.0 Å². The summed E-state index contributed by atoms with van der Waals surface area (Å²) in [4.78, 5) is 40.2. The van der Waals surface area contributed by atoms with Gasteiger partial charge in [0.1, 0.15) is 5.82 Å². The standard InChI is InChI=1S/C19H24N4O.3C2HF3O2/c1-2-8-21-18(4-1)23-11-3-7-19(16-23)15-22(12-13-24-19)14-17-5-9-20-10-6-17;3*3-2(4,5)1(6)7/h1-2,4-6,8-10H,3,7,11-16H2;3*(H,6,7). The average molecular weight is 666 g/mol. The SMILES string of the molecule is O=C(O)C(F)(F)F.O=C(O)C(F)(F)F.O=C(O)C(F)(F)F.c1ccc(N2CCCC3(CN(Cc4ccncc4)CCO3)C2)nc1. The molecule has 0 amide bonds. The second-order valence-electron chi connectivity index (χ2n) is 9.22. The van der Waals surface area contributed by atoms with Crippen LogP contribution in [0.1, 0.15) is 18.4 Å². The number of ether oxygens (including phenoxy) is 1. The minimum absolute atomic E-state index is 0.0684. The van der Waals surface area contributed by atoms with Crippen molar-refractivity contribution < 1.29 is 74.0 Å². The van der Waals surface area contributed by atoms with Crippen LogP contribution in [0.15, 0.2) is 48.9 Å². The van der Waals surface area contributed by atoms with E-state index in [2.05, 4.69) is 44.0 Å². The van der Waals surface area contributed by atoms with Crippen molar-refractivity contribution in [3.63, 3.8) is 0 Å². The second kappa shape index (κ2) is 16.8. The first-order valence-corrected chi connectivity index (χ1v) is 12.5. The fourth-order valence-electron chi connectivity index (χ4n) is 3.89. The Balaban J connectivity index is 0.000000396. The highest BCUT2D eigenvalue weighted by Gasteiger charge is 2.41. The van der Waals surface area contributed by atoms with Gasteiger partial charge in [-0.25, -0.2) is 19.4 Å². The fraction of sp³-hybridized carbons (Fsp3) is 0.480. The summed E-state index contributed by atoms with van der Waals surface area (Å²) in [5.74, 6) is -7.21. The Kier molecular flexibility index (Phi) is 14.5. The molecule has 2 aliphatic rings. The maximum atomic E-state index is 10.6. The summed E-state index contributed by atoms with van der Waals surface area (Å²) >= 11 is 0. The van der Waals surface area contributed by atoms with Gasteiger partial charge in [0.05, 0.1) is 12.2 Å². The van der Waals surface area contributed by atoms with Crippen molar-refractivity contribution in [3.05, 3.63) is 54.5 Å². The van der Waals surface area contributed by atoms with Gasteiger partial charge in [-0.2, -0.15) is 39.5 Å². The van der Waals surface area contributed by atoms with E-state index in [-0.39, 0.29) is 5.60 Å². The molecule has 2 aliphatic heterocycles. The highest BCUT2D eigenvalue weighted by molar-refractivity contribution is 5.73. The van der Waals surface area contributed by atoms with Crippen molar-refractivity contribution in [2.45, 2.75) is 43.5 Å². The molecule has 0 aromatic carbocycles. The number of piperidine rings is 1. The maximum absolute atomic E-state index is 10.6. The van der Waals surface area contributed by atoms with Gasteiger partial charge in [-0.05, 0) is 42.7 Å². The van der Waals surface area contributed by atoms with Crippen LogP contribution >= 0.6 is 0 Å². The summed E-state index contributed by atoms with van der Waals surface area (Å²) in [7, 11) is 0. The molecule has 3 N–H and O–H groups in total. The first-order chi connectivity index (χ1) is 20.7. The Hall–Kier alpha value is -4.20. The van der Waals surface area contributed by atoms with Crippen molar-refractivity contribution in [1.29, 1.82) is 0 Å². The molecule has 4 rings (SSSR count). The van der Waals surface area contributed by atoms with Crippen molar-refractivity contribution in [1.82, 2.24) is 14.9 Å². The van der Waals surface area contributed by atoms with Gasteiger partial charge in [0.2, 0.25) is 0 Å². The number of pyridine rings is 2. The van der Waals surface area contributed by atoms with Gasteiger partial charge in [-0.15, -0.1) is 0 Å². The first-order valence-electron chi connectivity index (χ1n) is 12.5. The molecule has 1 unspecified atom stereocenters. The molecule has 2 aromatic rings. The molecule has 1 spiro atoms. The third kappa shape index (κ3) is 14.9. The van der Waals surface area contributed by atoms with E-state index < -0.39 is 36.4 Å². The number of rotatable bonds is 3. The molecule has 0 aliphatic carbocycles. The molecule has 2 fully saturated rings. The van der Waals surface area contributed by atoms with Crippen LogP contribution in [0.5, 0.6) is 0 Å². The number of aromatic nitrogens is 2. The largest absolute Gasteiger partial charge is 0.490 e. The number of anilines is 1. The van der Waals surface area contributed by atoms with E-state index in [9.17, 15) is 39.5 Å². The van der Waals surface area contributed by atoms with E-state index in [1.54, 1.807) is 0 Å². The monoisotopic (exact) mass is 666 g/mol. The second-order valence-corrected chi connectivity index (χ2v) is 9.22. The zero-order valence-electron chi connectivity index (χ0n) is 22.9. The van der Waals surface area contributed by atoms with Crippen LogP contribution in [0, 0.1) is 0 Å². The van der Waals surface area contributed by atoms with Gasteiger partial charge in [0, 0.05) is 51.3 Å². The number of carboxylic acid groups (broad SMARTS) is 3. The van der Waals surface area contributed by atoms with Crippen LogP contribution < -0.4 is 4.90 Å². The third-order valence-corrected chi connectivity index (χ3v) is 5.72. The van der Waals surface area contributed by atoms with Crippen molar-refractivity contribution in [2.75, 3.05) is 37.7 Å². The minimum Gasteiger partial charge on any atom is -0.475 e. The molecule has 2 aromatic heterocycles. The Morgan fingerprint density at radius 2 is 1.29 bits per heavy atom. The number of hydrogen-bond acceptors (Lipinski definition) is 8. The molecule has 252 valence electrons. The fourth-order valence-corrected chi connectivity index (χ4v) is 3.89. The summed E-state index contributed by atoms with van der Waals surface area (Å²) in [5, 5.41) is 21.4. The molecule has 4 heterocycles.